The number of fused-ring (bicyclic) bond motifs is 1. The number of anilines is 1. The summed E-state index contributed by atoms with van der Waals surface area (Å²) in [5.41, 5.74) is 0.656. The fraction of sp³-hybridized carbons (Fsp3) is 0.412. The highest BCUT2D eigenvalue weighted by Crippen LogP contribution is 2.32. The van der Waals surface area contributed by atoms with Crippen LogP contribution in [0.4, 0.5) is 9.52 Å². The smallest absolute Gasteiger partial charge is 0.236 e. The average Bonchev–Trinajstić information content (AvgIpc) is 3.23. The number of aromatic nitrogens is 4. The van der Waals surface area contributed by atoms with E-state index in [0.717, 1.165) is 18.7 Å². The molecule has 0 aliphatic heterocycles. The lowest BCUT2D eigenvalue weighted by Gasteiger charge is -2.20. The van der Waals surface area contributed by atoms with Crippen LogP contribution in [0.15, 0.2) is 23.4 Å². The van der Waals surface area contributed by atoms with Gasteiger partial charge in [-0.05, 0) is 31.0 Å². The topological polar surface area (TPSA) is 98.7 Å². The molecule has 7 nitrogen and oxygen atoms in total. The molecular weight excluding hydrogens is 387 g/mol. The van der Waals surface area contributed by atoms with Gasteiger partial charge in [-0.2, -0.15) is 0 Å². The van der Waals surface area contributed by atoms with Gasteiger partial charge in [-0.1, -0.05) is 42.4 Å². The van der Waals surface area contributed by atoms with Crippen molar-refractivity contribution in [1.82, 2.24) is 19.9 Å². The van der Waals surface area contributed by atoms with E-state index < -0.39 is 0 Å². The third-order valence-electron chi connectivity index (χ3n) is 4.59. The van der Waals surface area contributed by atoms with Crippen molar-refractivity contribution in [2.24, 2.45) is 0 Å². The first-order chi connectivity index (χ1) is 13.1. The minimum absolute atomic E-state index is 0.143. The Morgan fingerprint density at radius 3 is 2.96 bits per heavy atom. The number of hydrogen-bond acceptors (Lipinski definition) is 7. The molecule has 0 unspecified atom stereocenters. The van der Waals surface area contributed by atoms with E-state index in [9.17, 15) is 9.18 Å². The maximum atomic E-state index is 13.3. The van der Waals surface area contributed by atoms with Gasteiger partial charge >= 0.3 is 0 Å². The van der Waals surface area contributed by atoms with Gasteiger partial charge in [-0.15, -0.1) is 10.2 Å². The van der Waals surface area contributed by atoms with Crippen LogP contribution in [0, 0.1) is 5.82 Å². The minimum atomic E-state index is -0.323. The third-order valence-corrected chi connectivity index (χ3v) is 6.47. The van der Waals surface area contributed by atoms with E-state index in [1.807, 2.05) is 0 Å². The van der Waals surface area contributed by atoms with Gasteiger partial charge in [0.25, 0.3) is 0 Å². The molecule has 0 saturated heterocycles. The summed E-state index contributed by atoms with van der Waals surface area (Å²) in [6.07, 6.45) is 5.80. The normalized spacial score (nSPS) is 15.3. The molecule has 0 spiro atoms. The summed E-state index contributed by atoms with van der Waals surface area (Å²) in [7, 11) is 0. The zero-order valence-corrected chi connectivity index (χ0v) is 16.2. The van der Waals surface area contributed by atoms with Crippen LogP contribution in [0.5, 0.6) is 0 Å². The van der Waals surface area contributed by atoms with Crippen LogP contribution in [0.3, 0.4) is 0 Å². The van der Waals surface area contributed by atoms with Crippen LogP contribution in [-0.2, 0) is 4.79 Å². The highest BCUT2D eigenvalue weighted by Gasteiger charge is 2.23. The molecule has 142 valence electrons. The summed E-state index contributed by atoms with van der Waals surface area (Å²) >= 11 is 2.48. The Morgan fingerprint density at radius 1 is 1.33 bits per heavy atom. The fourth-order valence-electron chi connectivity index (χ4n) is 3.26. The van der Waals surface area contributed by atoms with E-state index >= 15 is 0 Å². The molecule has 0 bridgehead atoms. The van der Waals surface area contributed by atoms with Crippen LogP contribution in [0.2, 0.25) is 0 Å². The van der Waals surface area contributed by atoms with Gasteiger partial charge in [0.05, 0.1) is 16.0 Å². The number of carbonyl (C=O) groups is 1. The van der Waals surface area contributed by atoms with Crippen molar-refractivity contribution in [3.63, 3.8) is 0 Å². The number of rotatable bonds is 5. The van der Waals surface area contributed by atoms with Crippen molar-refractivity contribution >= 4 is 44.4 Å². The van der Waals surface area contributed by atoms with Crippen molar-refractivity contribution in [1.29, 1.82) is 0 Å². The van der Waals surface area contributed by atoms with Gasteiger partial charge < -0.3 is 11.2 Å². The molecule has 2 heterocycles. The maximum Gasteiger partial charge on any atom is 0.236 e. The first-order valence-corrected chi connectivity index (χ1v) is 10.6. The number of amides is 1. The average molecular weight is 407 g/mol. The molecule has 2 aromatic heterocycles. The number of carbonyl (C=O) groups excluding carboxylic acids is 1. The number of thiazole rings is 1. The molecule has 1 aromatic carbocycles. The number of hydrogen-bond donors (Lipinski definition) is 2. The third kappa shape index (κ3) is 4.06. The van der Waals surface area contributed by atoms with E-state index in [4.69, 9.17) is 5.84 Å². The Balaban J connectivity index is 1.36. The molecule has 1 fully saturated rings. The molecule has 1 aliphatic carbocycles. The molecule has 10 heteroatoms. The summed E-state index contributed by atoms with van der Waals surface area (Å²) in [5.74, 6) is 6.88. The Labute approximate surface area is 163 Å². The molecule has 1 saturated carbocycles. The Kier molecular flexibility index (Phi) is 5.26. The van der Waals surface area contributed by atoms with Crippen molar-refractivity contribution in [2.45, 2.75) is 43.2 Å². The summed E-state index contributed by atoms with van der Waals surface area (Å²) in [5, 5.41) is 12.1. The molecule has 3 aromatic rings. The molecular formula is C17H19FN6OS2. The van der Waals surface area contributed by atoms with Crippen molar-refractivity contribution in [2.75, 3.05) is 16.9 Å². The van der Waals surface area contributed by atoms with Crippen LogP contribution >= 0.6 is 23.1 Å². The second-order valence-electron chi connectivity index (χ2n) is 6.51. The Hall–Kier alpha value is -2.20. The summed E-state index contributed by atoms with van der Waals surface area (Å²) in [6.45, 7) is 0. The Morgan fingerprint density at radius 2 is 2.15 bits per heavy atom. The van der Waals surface area contributed by atoms with Gasteiger partial charge in [-0.3, -0.25) is 4.79 Å². The molecule has 0 radical (unpaired) electrons. The van der Waals surface area contributed by atoms with E-state index in [0.29, 0.717) is 26.4 Å². The predicted octanol–water partition coefficient (Wildman–Crippen LogP) is 3.52. The molecule has 4 rings (SSSR count). The second kappa shape index (κ2) is 7.81. The molecule has 1 aliphatic rings. The van der Waals surface area contributed by atoms with Crippen molar-refractivity contribution in [3.05, 3.63) is 29.8 Å². The molecule has 3 N–H and O–H groups in total. The van der Waals surface area contributed by atoms with Crippen LogP contribution in [0.25, 0.3) is 10.2 Å². The van der Waals surface area contributed by atoms with Crippen LogP contribution in [0.1, 0.15) is 43.8 Å². The lowest BCUT2D eigenvalue weighted by atomic mass is 9.89. The maximum absolute atomic E-state index is 13.3. The van der Waals surface area contributed by atoms with Crippen molar-refractivity contribution < 1.29 is 9.18 Å². The number of nitrogen functional groups attached to an aromatic ring is 1. The summed E-state index contributed by atoms with van der Waals surface area (Å²) in [4.78, 5) is 16.5. The van der Waals surface area contributed by atoms with Gasteiger partial charge in [0, 0.05) is 5.92 Å². The van der Waals surface area contributed by atoms with Gasteiger partial charge in [-0.25, -0.2) is 14.1 Å². The highest BCUT2D eigenvalue weighted by atomic mass is 32.2. The van der Waals surface area contributed by atoms with Crippen LogP contribution in [-0.4, -0.2) is 31.5 Å². The van der Waals surface area contributed by atoms with Gasteiger partial charge in [0.1, 0.15) is 5.82 Å². The lowest BCUT2D eigenvalue weighted by Crippen LogP contribution is -2.19. The fourth-order valence-corrected chi connectivity index (χ4v) is 4.83. The lowest BCUT2D eigenvalue weighted by molar-refractivity contribution is -0.113. The molecule has 1 amide bonds. The second-order valence-corrected chi connectivity index (χ2v) is 8.49. The molecule has 27 heavy (non-hydrogen) atoms. The van der Waals surface area contributed by atoms with E-state index in [-0.39, 0.29) is 17.5 Å². The van der Waals surface area contributed by atoms with Crippen molar-refractivity contribution in [3.8, 4) is 0 Å². The minimum Gasteiger partial charge on any atom is -0.336 e. The largest absolute Gasteiger partial charge is 0.336 e. The van der Waals surface area contributed by atoms with Crippen LogP contribution < -0.4 is 11.2 Å². The van der Waals surface area contributed by atoms with Gasteiger partial charge in [0.15, 0.2) is 11.0 Å². The Bertz CT molecular complexity index is 966. The number of nitrogens with zero attached hydrogens (tertiary/aromatic N) is 4. The quantitative estimate of drug-likeness (QED) is 0.497. The summed E-state index contributed by atoms with van der Waals surface area (Å²) in [6, 6.07) is 4.35. The first-order valence-electron chi connectivity index (χ1n) is 8.79. The first kappa shape index (κ1) is 18.2. The number of thioether (sulfide) groups is 1. The van der Waals surface area contributed by atoms with E-state index in [1.54, 1.807) is 6.07 Å². The van der Waals surface area contributed by atoms with E-state index in [1.165, 1.54) is 59.2 Å². The standard InChI is InChI=1S/C17H19FN6OS2/c18-11-6-7-12-13(8-11)27-16(20-12)21-14(25)9-26-17-23-22-15(24(17)19)10-4-2-1-3-5-10/h6-8,10H,1-5,9,19H2,(H,20,21,25). The monoisotopic (exact) mass is 406 g/mol. The number of nitrogens with two attached hydrogens (primary N) is 1. The number of nitrogens with one attached hydrogen (secondary N) is 1. The number of halogens is 1. The SMILES string of the molecule is Nn1c(SCC(=O)Nc2nc3ccc(F)cc3s2)nnc1C1CCCCC1. The summed E-state index contributed by atoms with van der Waals surface area (Å²) < 4.78 is 15.5. The zero-order valence-electron chi connectivity index (χ0n) is 14.5. The van der Waals surface area contributed by atoms with Gasteiger partial charge in [0.2, 0.25) is 11.1 Å². The predicted molar refractivity (Wildman–Crippen MR) is 105 cm³/mol. The van der Waals surface area contributed by atoms with E-state index in [2.05, 4.69) is 20.5 Å². The molecule has 0 atom stereocenters. The zero-order chi connectivity index (χ0) is 18.8. The highest BCUT2D eigenvalue weighted by molar-refractivity contribution is 7.99. The number of benzene rings is 1.